The molecule has 0 fully saturated rings. The van der Waals surface area contributed by atoms with Gasteiger partial charge in [-0.15, -0.1) is 0 Å². The van der Waals surface area contributed by atoms with Crippen molar-refractivity contribution in [2.24, 2.45) is 0 Å². The van der Waals surface area contributed by atoms with E-state index in [1.807, 2.05) is 6.07 Å². The Morgan fingerprint density at radius 3 is 1.84 bits per heavy atom. The summed E-state index contributed by atoms with van der Waals surface area (Å²) in [5.74, 6) is -0.921. The van der Waals surface area contributed by atoms with Crippen LogP contribution in [0.15, 0.2) is 66.7 Å². The summed E-state index contributed by atoms with van der Waals surface area (Å²) in [6.45, 7) is 0. The Hall–Kier alpha value is -3.80. The van der Waals surface area contributed by atoms with Crippen LogP contribution in [-0.2, 0) is 12.4 Å². The molecular weight excluding hydrogens is 422 g/mol. The van der Waals surface area contributed by atoms with Crippen LogP contribution < -0.4 is 5.32 Å². The number of nitrogens with zero attached hydrogens (tertiary/aromatic N) is 1. The predicted octanol–water partition coefficient (Wildman–Crippen LogP) is 6.52. The predicted molar refractivity (Wildman–Crippen MR) is 101 cm³/mol. The van der Waals surface area contributed by atoms with Crippen LogP contribution in [0.2, 0.25) is 0 Å². The van der Waals surface area contributed by atoms with Gasteiger partial charge in [-0.05, 0) is 35.9 Å². The summed E-state index contributed by atoms with van der Waals surface area (Å²) in [5, 5.41) is 11.4. The summed E-state index contributed by atoms with van der Waals surface area (Å²) in [7, 11) is 0. The van der Waals surface area contributed by atoms with Crippen LogP contribution in [0.4, 0.5) is 32.0 Å². The number of anilines is 1. The molecule has 3 aromatic rings. The van der Waals surface area contributed by atoms with Crippen LogP contribution in [0, 0.1) is 11.3 Å². The lowest BCUT2D eigenvalue weighted by molar-refractivity contribution is -0.143. The van der Waals surface area contributed by atoms with Gasteiger partial charge in [-0.3, -0.25) is 4.79 Å². The lowest BCUT2D eigenvalue weighted by Gasteiger charge is -2.16. The summed E-state index contributed by atoms with van der Waals surface area (Å²) in [6, 6.07) is 15.1. The fourth-order valence-electron chi connectivity index (χ4n) is 2.96. The normalized spacial score (nSPS) is 11.6. The average Bonchev–Trinajstić information content (AvgIpc) is 2.72. The lowest BCUT2D eigenvalue weighted by Crippen LogP contribution is -2.16. The van der Waals surface area contributed by atoms with E-state index in [4.69, 9.17) is 0 Å². The number of carbonyl (C=O) groups excluding carboxylic acids is 1. The van der Waals surface area contributed by atoms with Crippen molar-refractivity contribution in [3.8, 4) is 17.2 Å². The molecule has 9 heteroatoms. The zero-order valence-electron chi connectivity index (χ0n) is 15.5. The van der Waals surface area contributed by atoms with Crippen LogP contribution in [0.5, 0.6) is 0 Å². The summed E-state index contributed by atoms with van der Waals surface area (Å²) in [4.78, 5) is 12.8. The molecule has 0 saturated carbocycles. The number of carbonyl (C=O) groups is 1. The van der Waals surface area contributed by atoms with Gasteiger partial charge in [0.15, 0.2) is 0 Å². The highest BCUT2D eigenvalue weighted by atomic mass is 19.4. The fraction of sp³-hybridized carbons (Fsp3) is 0.0909. The first-order valence-electron chi connectivity index (χ1n) is 8.70. The van der Waals surface area contributed by atoms with Crippen molar-refractivity contribution in [1.29, 1.82) is 5.26 Å². The molecule has 0 aliphatic carbocycles. The largest absolute Gasteiger partial charge is 0.416 e. The third-order valence-corrected chi connectivity index (χ3v) is 4.35. The van der Waals surface area contributed by atoms with Gasteiger partial charge < -0.3 is 5.32 Å². The van der Waals surface area contributed by atoms with E-state index >= 15 is 0 Å². The van der Waals surface area contributed by atoms with Gasteiger partial charge in [0.2, 0.25) is 0 Å². The van der Waals surface area contributed by atoms with Crippen molar-refractivity contribution < 1.29 is 31.1 Å². The maximum absolute atomic E-state index is 13.1. The van der Waals surface area contributed by atoms with Crippen LogP contribution in [-0.4, -0.2) is 5.91 Å². The van der Waals surface area contributed by atoms with Crippen LogP contribution in [0.1, 0.15) is 27.0 Å². The number of benzene rings is 3. The minimum atomic E-state index is -5.04. The first-order valence-corrected chi connectivity index (χ1v) is 8.70. The van der Waals surface area contributed by atoms with Gasteiger partial charge in [0, 0.05) is 16.8 Å². The fourth-order valence-corrected chi connectivity index (χ4v) is 2.96. The van der Waals surface area contributed by atoms with Crippen LogP contribution in [0.3, 0.4) is 0 Å². The topological polar surface area (TPSA) is 52.9 Å². The van der Waals surface area contributed by atoms with E-state index in [-0.39, 0.29) is 17.2 Å². The van der Waals surface area contributed by atoms with E-state index in [9.17, 15) is 36.4 Å². The highest BCUT2D eigenvalue weighted by Crippen LogP contribution is 2.38. The molecule has 0 unspecified atom stereocenters. The van der Waals surface area contributed by atoms with Gasteiger partial charge in [-0.25, -0.2) is 0 Å². The highest BCUT2D eigenvalue weighted by Gasteiger charge is 2.37. The van der Waals surface area contributed by atoms with E-state index in [1.165, 1.54) is 24.3 Å². The van der Waals surface area contributed by atoms with Gasteiger partial charge in [-0.2, -0.15) is 31.6 Å². The molecule has 0 atom stereocenters. The zero-order valence-corrected chi connectivity index (χ0v) is 15.5. The monoisotopic (exact) mass is 434 g/mol. The molecule has 0 saturated heterocycles. The lowest BCUT2D eigenvalue weighted by atomic mass is 9.95. The molecule has 0 aromatic heterocycles. The first-order chi connectivity index (χ1) is 14.5. The Morgan fingerprint density at radius 1 is 0.774 bits per heavy atom. The van der Waals surface area contributed by atoms with Gasteiger partial charge in [0.25, 0.3) is 5.91 Å². The van der Waals surface area contributed by atoms with Gasteiger partial charge in [-0.1, -0.05) is 36.4 Å². The van der Waals surface area contributed by atoms with Crippen molar-refractivity contribution in [2.75, 3.05) is 5.32 Å². The Bertz CT molecular complexity index is 1140. The molecule has 0 bridgehead atoms. The molecule has 3 nitrogen and oxygen atoms in total. The maximum atomic E-state index is 13.1. The number of hydrogen-bond donors (Lipinski definition) is 1. The molecule has 1 amide bonds. The van der Waals surface area contributed by atoms with E-state index in [0.717, 1.165) is 0 Å². The summed E-state index contributed by atoms with van der Waals surface area (Å²) >= 11 is 0. The maximum Gasteiger partial charge on any atom is 0.416 e. The Labute approximate surface area is 172 Å². The van der Waals surface area contributed by atoms with Crippen molar-refractivity contribution >= 4 is 11.6 Å². The number of nitriles is 1. The first kappa shape index (κ1) is 21.9. The smallest absolute Gasteiger partial charge is 0.322 e. The number of hydrogen-bond acceptors (Lipinski definition) is 2. The van der Waals surface area contributed by atoms with E-state index < -0.39 is 35.1 Å². The molecule has 0 heterocycles. The summed E-state index contributed by atoms with van der Waals surface area (Å²) in [6.07, 6.45) is -10.1. The van der Waals surface area contributed by atoms with Gasteiger partial charge >= 0.3 is 12.4 Å². The standard InChI is InChI=1S/C22H12F6N2O/c23-21(24,25)14-9-15(22(26,27)28)11-16(10-14)30-20(31)19-8-4-3-7-18(19)17-6-2-1-5-13(17)12-29/h1-11H,(H,30,31). The third-order valence-electron chi connectivity index (χ3n) is 4.35. The second kappa shape index (κ2) is 8.14. The average molecular weight is 434 g/mol. The van der Waals surface area contributed by atoms with E-state index in [0.29, 0.717) is 23.3 Å². The quantitative estimate of drug-likeness (QED) is 0.478. The molecule has 158 valence electrons. The van der Waals surface area contributed by atoms with Crippen LogP contribution in [0.25, 0.3) is 11.1 Å². The second-order valence-corrected chi connectivity index (χ2v) is 6.45. The molecule has 3 aromatic carbocycles. The van der Waals surface area contributed by atoms with Crippen molar-refractivity contribution in [1.82, 2.24) is 0 Å². The molecular formula is C22H12F6N2O. The minimum absolute atomic E-state index is 0.0174. The number of amides is 1. The minimum Gasteiger partial charge on any atom is -0.322 e. The summed E-state index contributed by atoms with van der Waals surface area (Å²) < 4.78 is 78.3. The van der Waals surface area contributed by atoms with Crippen molar-refractivity contribution in [3.63, 3.8) is 0 Å². The van der Waals surface area contributed by atoms with Crippen LogP contribution >= 0.6 is 0 Å². The zero-order chi connectivity index (χ0) is 22.8. The van der Waals surface area contributed by atoms with Crippen molar-refractivity contribution in [2.45, 2.75) is 12.4 Å². The number of halogens is 6. The number of nitrogens with one attached hydrogen (secondary N) is 1. The van der Waals surface area contributed by atoms with E-state index in [2.05, 4.69) is 5.32 Å². The molecule has 0 radical (unpaired) electrons. The summed E-state index contributed by atoms with van der Waals surface area (Å²) in [5.41, 5.74) is -2.80. The molecule has 31 heavy (non-hydrogen) atoms. The Morgan fingerprint density at radius 2 is 1.29 bits per heavy atom. The molecule has 0 aliphatic rings. The second-order valence-electron chi connectivity index (χ2n) is 6.45. The van der Waals surface area contributed by atoms with Gasteiger partial charge in [0.1, 0.15) is 0 Å². The third kappa shape index (κ3) is 4.86. The SMILES string of the molecule is N#Cc1ccccc1-c1ccccc1C(=O)Nc1cc(C(F)(F)F)cc(C(F)(F)F)c1. The molecule has 3 rings (SSSR count). The highest BCUT2D eigenvalue weighted by molar-refractivity contribution is 6.09. The number of rotatable bonds is 3. The Kier molecular flexibility index (Phi) is 5.75. The molecule has 1 N–H and O–H groups in total. The molecule has 0 aliphatic heterocycles. The van der Waals surface area contributed by atoms with E-state index in [1.54, 1.807) is 24.3 Å². The van der Waals surface area contributed by atoms with Gasteiger partial charge in [0.05, 0.1) is 22.8 Å². The number of alkyl halides is 6. The Balaban J connectivity index is 2.05. The van der Waals surface area contributed by atoms with Crippen molar-refractivity contribution in [3.05, 3.63) is 89.0 Å². The molecule has 0 spiro atoms.